The summed E-state index contributed by atoms with van der Waals surface area (Å²) in [6, 6.07) is 0. The van der Waals surface area contributed by atoms with Crippen molar-refractivity contribution in [2.45, 2.75) is 53.1 Å². The Morgan fingerprint density at radius 2 is 2.14 bits per heavy atom. The number of likely N-dealkylation sites (tertiary alicyclic amines) is 1. The van der Waals surface area contributed by atoms with Crippen LogP contribution < -0.4 is 5.32 Å². The monoisotopic (exact) mass is 308 g/mol. The summed E-state index contributed by atoms with van der Waals surface area (Å²) in [5, 5.41) is 17.1. The van der Waals surface area contributed by atoms with Crippen LogP contribution in [0.2, 0.25) is 0 Å². The van der Waals surface area contributed by atoms with Crippen LogP contribution in [0.1, 0.15) is 43.1 Å². The summed E-state index contributed by atoms with van der Waals surface area (Å²) >= 11 is 0. The highest BCUT2D eigenvalue weighted by atomic mass is 16.3. The Balaban J connectivity index is 1.68. The fourth-order valence-electron chi connectivity index (χ4n) is 3.43. The van der Waals surface area contributed by atoms with Gasteiger partial charge in [-0.1, -0.05) is 6.92 Å². The van der Waals surface area contributed by atoms with Crippen molar-refractivity contribution in [2.75, 3.05) is 32.8 Å². The van der Waals surface area contributed by atoms with Gasteiger partial charge in [-0.15, -0.1) is 0 Å². The van der Waals surface area contributed by atoms with E-state index in [0.29, 0.717) is 6.54 Å². The van der Waals surface area contributed by atoms with Gasteiger partial charge in [0.05, 0.1) is 18.8 Å². The summed E-state index contributed by atoms with van der Waals surface area (Å²) in [6.07, 6.45) is 3.96. The number of piperidine rings is 1. The Labute approximate surface area is 134 Å². The second-order valence-electron chi connectivity index (χ2n) is 6.67. The van der Waals surface area contributed by atoms with E-state index in [9.17, 15) is 0 Å². The molecular formula is C17H32N4O. The summed E-state index contributed by atoms with van der Waals surface area (Å²) in [7, 11) is 0. The van der Waals surface area contributed by atoms with Crippen molar-refractivity contribution >= 4 is 0 Å². The van der Waals surface area contributed by atoms with E-state index in [0.717, 1.165) is 24.7 Å². The van der Waals surface area contributed by atoms with E-state index in [1.165, 1.54) is 50.2 Å². The van der Waals surface area contributed by atoms with Gasteiger partial charge < -0.3 is 15.3 Å². The van der Waals surface area contributed by atoms with Gasteiger partial charge in [-0.2, -0.15) is 5.10 Å². The van der Waals surface area contributed by atoms with Crippen LogP contribution in [-0.4, -0.2) is 52.6 Å². The second-order valence-corrected chi connectivity index (χ2v) is 6.67. The average Bonchev–Trinajstić information content (AvgIpc) is 2.75. The number of aliphatic hydroxyl groups is 1. The summed E-state index contributed by atoms with van der Waals surface area (Å²) < 4.78 is 1.90. The molecule has 0 radical (unpaired) electrons. The number of aromatic nitrogens is 2. The third kappa shape index (κ3) is 4.80. The number of aliphatic hydroxyl groups excluding tert-OH is 1. The van der Waals surface area contributed by atoms with Crippen LogP contribution in [0.5, 0.6) is 0 Å². The minimum Gasteiger partial charge on any atom is -0.394 e. The predicted molar refractivity (Wildman–Crippen MR) is 89.9 cm³/mol. The molecule has 2 rings (SSSR count). The zero-order valence-electron chi connectivity index (χ0n) is 14.4. The molecule has 1 fully saturated rings. The van der Waals surface area contributed by atoms with Gasteiger partial charge in [-0.25, -0.2) is 0 Å². The minimum atomic E-state index is 0.142. The molecule has 0 aromatic carbocycles. The molecule has 5 nitrogen and oxygen atoms in total. The highest BCUT2D eigenvalue weighted by Gasteiger charge is 2.15. The Morgan fingerprint density at radius 3 is 2.86 bits per heavy atom. The molecular weight excluding hydrogens is 276 g/mol. The molecule has 1 aromatic heterocycles. The lowest BCUT2D eigenvalue weighted by molar-refractivity contribution is 0.182. The molecule has 1 saturated heterocycles. The Morgan fingerprint density at radius 1 is 1.32 bits per heavy atom. The van der Waals surface area contributed by atoms with E-state index >= 15 is 0 Å². The van der Waals surface area contributed by atoms with E-state index in [4.69, 9.17) is 5.11 Å². The molecule has 5 heteroatoms. The van der Waals surface area contributed by atoms with Crippen LogP contribution in [0.25, 0.3) is 0 Å². The third-order valence-corrected chi connectivity index (χ3v) is 4.71. The Kier molecular flexibility index (Phi) is 6.86. The number of nitrogens with zero attached hydrogens (tertiary/aromatic N) is 3. The summed E-state index contributed by atoms with van der Waals surface area (Å²) in [6.45, 7) is 12.9. The van der Waals surface area contributed by atoms with Gasteiger partial charge >= 0.3 is 0 Å². The quantitative estimate of drug-likeness (QED) is 0.718. The molecule has 1 aromatic rings. The maximum Gasteiger partial charge on any atom is 0.0644 e. The molecule has 0 saturated carbocycles. The molecule has 2 heterocycles. The first kappa shape index (κ1) is 17.4. The molecule has 1 aliphatic heterocycles. The van der Waals surface area contributed by atoms with E-state index in [2.05, 4.69) is 29.2 Å². The van der Waals surface area contributed by atoms with Crippen LogP contribution in [0.3, 0.4) is 0 Å². The van der Waals surface area contributed by atoms with Crippen LogP contribution in [-0.2, 0) is 13.1 Å². The topological polar surface area (TPSA) is 53.3 Å². The Bertz CT molecular complexity index is 458. The molecule has 1 atom stereocenters. The Hall–Kier alpha value is -0.910. The van der Waals surface area contributed by atoms with Gasteiger partial charge in [0.15, 0.2) is 0 Å². The van der Waals surface area contributed by atoms with Gasteiger partial charge in [-0.3, -0.25) is 4.68 Å². The lowest BCUT2D eigenvalue weighted by Crippen LogP contribution is -2.36. The first-order valence-corrected chi connectivity index (χ1v) is 8.68. The first-order chi connectivity index (χ1) is 10.6. The fourth-order valence-corrected chi connectivity index (χ4v) is 3.43. The molecule has 0 amide bonds. The van der Waals surface area contributed by atoms with Gasteiger partial charge in [0, 0.05) is 24.3 Å². The predicted octanol–water partition coefficient (Wildman–Crippen LogP) is 1.70. The molecule has 2 N–H and O–H groups in total. The second kappa shape index (κ2) is 8.65. The van der Waals surface area contributed by atoms with Crippen molar-refractivity contribution in [3.05, 3.63) is 17.0 Å². The van der Waals surface area contributed by atoms with Crippen LogP contribution in [0.15, 0.2) is 0 Å². The van der Waals surface area contributed by atoms with E-state index in [1.54, 1.807) is 0 Å². The normalized spacial score (nSPS) is 19.7. The molecule has 22 heavy (non-hydrogen) atoms. The van der Waals surface area contributed by atoms with E-state index < -0.39 is 0 Å². The highest BCUT2D eigenvalue weighted by Crippen LogP contribution is 2.15. The van der Waals surface area contributed by atoms with Crippen molar-refractivity contribution in [3.63, 3.8) is 0 Å². The molecule has 1 unspecified atom stereocenters. The highest BCUT2D eigenvalue weighted by molar-refractivity contribution is 5.24. The van der Waals surface area contributed by atoms with Crippen LogP contribution >= 0.6 is 0 Å². The summed E-state index contributed by atoms with van der Waals surface area (Å²) in [5.41, 5.74) is 3.52. The number of rotatable bonds is 8. The molecule has 0 aliphatic carbocycles. The molecule has 0 bridgehead atoms. The van der Waals surface area contributed by atoms with Crippen molar-refractivity contribution < 1.29 is 5.11 Å². The van der Waals surface area contributed by atoms with Crippen molar-refractivity contribution in [1.29, 1.82) is 0 Å². The largest absolute Gasteiger partial charge is 0.394 e. The third-order valence-electron chi connectivity index (χ3n) is 4.71. The van der Waals surface area contributed by atoms with Crippen LogP contribution in [0.4, 0.5) is 0 Å². The lowest BCUT2D eigenvalue weighted by Gasteiger charge is -2.30. The minimum absolute atomic E-state index is 0.142. The summed E-state index contributed by atoms with van der Waals surface area (Å²) in [5.74, 6) is 0.865. The number of aryl methyl sites for hydroxylation is 1. The number of nitrogens with one attached hydrogen (secondary N) is 1. The van der Waals surface area contributed by atoms with Crippen molar-refractivity contribution in [2.24, 2.45) is 5.92 Å². The smallest absolute Gasteiger partial charge is 0.0644 e. The van der Waals surface area contributed by atoms with Crippen LogP contribution in [0, 0.1) is 19.8 Å². The molecule has 1 aliphatic rings. The van der Waals surface area contributed by atoms with Crippen molar-refractivity contribution in [3.8, 4) is 0 Å². The SMILES string of the molecule is Cc1nn(CCO)c(C)c1CNCCCN1CCCC(C)C1. The lowest BCUT2D eigenvalue weighted by atomic mass is 10.0. The molecule has 126 valence electrons. The van der Waals surface area contributed by atoms with E-state index in [1.807, 2.05) is 11.6 Å². The van der Waals surface area contributed by atoms with Crippen molar-refractivity contribution in [1.82, 2.24) is 20.0 Å². The van der Waals surface area contributed by atoms with Gasteiger partial charge in [0.2, 0.25) is 0 Å². The average molecular weight is 308 g/mol. The zero-order chi connectivity index (χ0) is 15.9. The summed E-state index contributed by atoms with van der Waals surface area (Å²) in [4.78, 5) is 2.60. The van der Waals surface area contributed by atoms with Gasteiger partial charge in [0.25, 0.3) is 0 Å². The zero-order valence-corrected chi connectivity index (χ0v) is 14.4. The first-order valence-electron chi connectivity index (χ1n) is 8.68. The standard InChI is InChI=1S/C17H32N4O/c1-14-6-4-8-20(13-14)9-5-7-18-12-17-15(2)19-21(10-11-22)16(17)3/h14,18,22H,4-13H2,1-3H3. The maximum absolute atomic E-state index is 9.05. The number of hydrogen-bond donors (Lipinski definition) is 2. The van der Waals surface area contributed by atoms with E-state index in [-0.39, 0.29) is 6.61 Å². The fraction of sp³-hybridized carbons (Fsp3) is 0.824. The maximum atomic E-state index is 9.05. The van der Waals surface area contributed by atoms with Gasteiger partial charge in [0.1, 0.15) is 0 Å². The number of hydrogen-bond acceptors (Lipinski definition) is 4. The molecule has 0 spiro atoms. The van der Waals surface area contributed by atoms with Gasteiger partial charge in [-0.05, 0) is 58.7 Å².